The second-order valence-electron chi connectivity index (χ2n) is 6.39. The minimum atomic E-state index is -1.07. The Kier molecular flexibility index (Phi) is 8.25. The SMILES string of the molecule is COc1cc(C=NN=C2NC(=O)C(CC(=O)O)S2)c(Cl)cc1OCc1ccc(Cl)cc1Cl. The fourth-order valence-electron chi connectivity index (χ4n) is 2.61. The summed E-state index contributed by atoms with van der Waals surface area (Å²) in [6.45, 7) is 0.179. The Labute approximate surface area is 202 Å². The molecule has 8 nitrogen and oxygen atoms in total. The van der Waals surface area contributed by atoms with Crippen molar-refractivity contribution in [3.63, 3.8) is 0 Å². The molecule has 2 N–H and O–H groups in total. The minimum absolute atomic E-state index is 0.179. The molecule has 2 aromatic carbocycles. The van der Waals surface area contributed by atoms with Crippen LogP contribution >= 0.6 is 46.6 Å². The van der Waals surface area contributed by atoms with E-state index in [2.05, 4.69) is 15.5 Å². The van der Waals surface area contributed by atoms with Crippen LogP contribution < -0.4 is 14.8 Å². The van der Waals surface area contributed by atoms with E-state index in [0.717, 1.165) is 17.3 Å². The van der Waals surface area contributed by atoms with Crippen molar-refractivity contribution < 1.29 is 24.2 Å². The number of amides is 1. The molecule has 32 heavy (non-hydrogen) atoms. The van der Waals surface area contributed by atoms with Crippen molar-refractivity contribution in [1.29, 1.82) is 0 Å². The molecule has 0 bridgehead atoms. The number of carbonyl (C=O) groups is 2. The Morgan fingerprint density at radius 1 is 1.22 bits per heavy atom. The lowest BCUT2D eigenvalue weighted by molar-refractivity contribution is -0.138. The molecular formula is C20H16Cl3N3O5S. The zero-order valence-electron chi connectivity index (χ0n) is 16.5. The monoisotopic (exact) mass is 515 g/mol. The molecule has 2 aromatic rings. The molecule has 1 saturated heterocycles. The second-order valence-corrected chi connectivity index (χ2v) is 8.83. The maximum absolute atomic E-state index is 11.7. The summed E-state index contributed by atoms with van der Waals surface area (Å²) in [6, 6.07) is 8.31. The van der Waals surface area contributed by atoms with Gasteiger partial charge in [-0.1, -0.05) is 52.6 Å². The highest BCUT2D eigenvalue weighted by atomic mass is 35.5. The maximum Gasteiger partial charge on any atom is 0.305 e. The Bertz CT molecular complexity index is 1110. The first-order valence-electron chi connectivity index (χ1n) is 9.01. The van der Waals surface area contributed by atoms with Crippen LogP contribution in [0.5, 0.6) is 11.5 Å². The van der Waals surface area contributed by atoms with Gasteiger partial charge in [-0.05, 0) is 18.2 Å². The highest BCUT2D eigenvalue weighted by Crippen LogP contribution is 2.34. The molecule has 3 rings (SSSR count). The molecule has 1 aliphatic rings. The van der Waals surface area contributed by atoms with Gasteiger partial charge >= 0.3 is 5.97 Å². The second kappa shape index (κ2) is 10.9. The molecule has 1 amide bonds. The number of carboxylic acids is 1. The number of rotatable bonds is 8. The third-order valence-corrected chi connectivity index (χ3v) is 6.15. The topological polar surface area (TPSA) is 110 Å². The molecule has 1 heterocycles. The summed E-state index contributed by atoms with van der Waals surface area (Å²) < 4.78 is 11.2. The lowest BCUT2D eigenvalue weighted by Gasteiger charge is -2.13. The van der Waals surface area contributed by atoms with Gasteiger partial charge in [0, 0.05) is 27.2 Å². The van der Waals surface area contributed by atoms with Crippen molar-refractivity contribution in [1.82, 2.24) is 5.32 Å². The van der Waals surface area contributed by atoms with E-state index in [9.17, 15) is 9.59 Å². The molecule has 12 heteroatoms. The molecule has 1 atom stereocenters. The van der Waals surface area contributed by atoms with Crippen LogP contribution in [0.2, 0.25) is 15.1 Å². The third kappa shape index (κ3) is 6.29. The summed E-state index contributed by atoms with van der Waals surface area (Å²) in [5, 5.41) is 19.9. The normalized spacial score (nSPS) is 17.1. The van der Waals surface area contributed by atoms with E-state index in [1.54, 1.807) is 30.3 Å². The molecular weight excluding hydrogens is 501 g/mol. The van der Waals surface area contributed by atoms with Gasteiger partial charge in [-0.3, -0.25) is 9.59 Å². The average molecular weight is 517 g/mol. The largest absolute Gasteiger partial charge is 0.493 e. The Hall–Kier alpha value is -2.46. The van der Waals surface area contributed by atoms with E-state index in [1.807, 2.05) is 0 Å². The number of nitrogens with one attached hydrogen (secondary N) is 1. The summed E-state index contributed by atoms with van der Waals surface area (Å²) >= 11 is 19.4. The van der Waals surface area contributed by atoms with E-state index in [1.165, 1.54) is 13.3 Å². The van der Waals surface area contributed by atoms with Crippen LogP contribution in [0.1, 0.15) is 17.5 Å². The van der Waals surface area contributed by atoms with Gasteiger partial charge in [-0.2, -0.15) is 5.10 Å². The van der Waals surface area contributed by atoms with Crippen molar-refractivity contribution >= 4 is 69.8 Å². The smallest absolute Gasteiger partial charge is 0.305 e. The van der Waals surface area contributed by atoms with E-state index >= 15 is 0 Å². The highest BCUT2D eigenvalue weighted by Gasteiger charge is 2.32. The Morgan fingerprint density at radius 3 is 2.69 bits per heavy atom. The fraction of sp³-hybridized carbons (Fsp3) is 0.200. The molecule has 1 aliphatic heterocycles. The molecule has 1 unspecified atom stereocenters. The number of halogens is 3. The van der Waals surface area contributed by atoms with Gasteiger partial charge in [0.25, 0.3) is 0 Å². The highest BCUT2D eigenvalue weighted by molar-refractivity contribution is 8.15. The number of aliphatic carboxylic acids is 1. The van der Waals surface area contributed by atoms with E-state index in [0.29, 0.717) is 32.1 Å². The van der Waals surface area contributed by atoms with Crippen LogP contribution in [0, 0.1) is 0 Å². The molecule has 0 radical (unpaired) electrons. The first-order chi connectivity index (χ1) is 15.3. The molecule has 1 fully saturated rings. The molecule has 0 spiro atoms. The van der Waals surface area contributed by atoms with Crippen LogP contribution in [-0.2, 0) is 16.2 Å². The predicted octanol–water partition coefficient (Wildman–Crippen LogP) is 4.63. The number of ether oxygens (including phenoxy) is 2. The number of carboxylic acid groups (broad SMARTS) is 1. The number of benzene rings is 2. The van der Waals surface area contributed by atoms with Crippen molar-refractivity contribution in [2.24, 2.45) is 10.2 Å². The van der Waals surface area contributed by atoms with Gasteiger partial charge in [0.15, 0.2) is 16.7 Å². The summed E-state index contributed by atoms with van der Waals surface area (Å²) in [4.78, 5) is 22.5. The van der Waals surface area contributed by atoms with E-state index in [-0.39, 0.29) is 18.2 Å². The first-order valence-corrected chi connectivity index (χ1v) is 11.0. The Balaban J connectivity index is 1.70. The zero-order valence-corrected chi connectivity index (χ0v) is 19.6. The fourth-order valence-corrected chi connectivity index (χ4v) is 4.19. The molecule has 168 valence electrons. The van der Waals surface area contributed by atoms with Gasteiger partial charge in [0.05, 0.1) is 24.8 Å². The standard InChI is InChI=1S/C20H16Cl3N3O5S/c1-30-15-4-11(8-24-26-20-25-19(29)17(32-20)7-18(27)28)14(23)6-16(15)31-9-10-2-3-12(21)5-13(10)22/h2-6,8,17H,7,9H2,1H3,(H,27,28)(H,25,26,29). The summed E-state index contributed by atoms with van der Waals surface area (Å²) in [7, 11) is 1.49. The van der Waals surface area contributed by atoms with Crippen molar-refractivity contribution in [2.45, 2.75) is 18.3 Å². The van der Waals surface area contributed by atoms with Crippen molar-refractivity contribution in [2.75, 3.05) is 7.11 Å². The Morgan fingerprint density at radius 2 is 2.00 bits per heavy atom. The first kappa shape index (κ1) is 24.2. The molecule has 0 saturated carbocycles. The van der Waals surface area contributed by atoms with Crippen molar-refractivity contribution in [3.05, 3.63) is 56.5 Å². The summed E-state index contributed by atoms with van der Waals surface area (Å²) in [5.74, 6) is -0.670. The number of hydrogen-bond donors (Lipinski definition) is 2. The quantitative estimate of drug-likeness (QED) is 0.391. The number of carbonyl (C=O) groups excluding carboxylic acids is 1. The predicted molar refractivity (Wildman–Crippen MR) is 126 cm³/mol. The molecule has 0 aromatic heterocycles. The van der Waals surface area contributed by atoms with Gasteiger partial charge in [0.2, 0.25) is 5.91 Å². The van der Waals surface area contributed by atoms with Gasteiger partial charge in [-0.15, -0.1) is 5.10 Å². The average Bonchev–Trinajstić information content (AvgIpc) is 3.07. The number of hydrogen-bond acceptors (Lipinski definition) is 7. The lowest BCUT2D eigenvalue weighted by Crippen LogP contribution is -2.26. The van der Waals surface area contributed by atoms with Crippen LogP contribution in [-0.4, -0.2) is 40.7 Å². The lowest BCUT2D eigenvalue weighted by atomic mass is 10.2. The number of thioether (sulfide) groups is 1. The van der Waals surface area contributed by atoms with Gasteiger partial charge in [0.1, 0.15) is 11.9 Å². The number of methoxy groups -OCH3 is 1. The zero-order chi connectivity index (χ0) is 23.3. The molecule has 0 aliphatic carbocycles. The third-order valence-electron chi connectivity index (χ3n) is 4.16. The summed E-state index contributed by atoms with van der Waals surface area (Å²) in [5.41, 5.74) is 1.24. The van der Waals surface area contributed by atoms with Crippen LogP contribution in [0.15, 0.2) is 40.5 Å². The maximum atomic E-state index is 11.7. The summed E-state index contributed by atoms with van der Waals surface area (Å²) in [6.07, 6.45) is 1.08. The van der Waals surface area contributed by atoms with Crippen LogP contribution in [0.4, 0.5) is 0 Å². The van der Waals surface area contributed by atoms with Crippen LogP contribution in [0.25, 0.3) is 0 Å². The van der Waals surface area contributed by atoms with Crippen LogP contribution in [0.3, 0.4) is 0 Å². The number of amidine groups is 1. The number of nitrogens with zero attached hydrogens (tertiary/aromatic N) is 2. The van der Waals surface area contributed by atoms with E-state index < -0.39 is 17.1 Å². The minimum Gasteiger partial charge on any atom is -0.493 e. The van der Waals surface area contributed by atoms with E-state index in [4.69, 9.17) is 49.4 Å². The van der Waals surface area contributed by atoms with Gasteiger partial charge in [-0.25, -0.2) is 0 Å². The van der Waals surface area contributed by atoms with Gasteiger partial charge < -0.3 is 19.9 Å². The van der Waals surface area contributed by atoms with Crippen molar-refractivity contribution in [3.8, 4) is 11.5 Å².